The van der Waals surface area contributed by atoms with E-state index in [1.54, 1.807) is 30.3 Å². The van der Waals surface area contributed by atoms with Crippen LogP contribution >= 0.6 is 0 Å². The normalized spacial score (nSPS) is 15.1. The molecule has 3 aliphatic rings. The first-order valence-electron chi connectivity index (χ1n) is 15.9. The number of hydrogen-bond donors (Lipinski definition) is 1. The number of ether oxygens (including phenoxy) is 1. The molecule has 0 saturated carbocycles. The minimum absolute atomic E-state index is 0.00677. The number of aryl methyl sites for hydroxylation is 1. The minimum Gasteiger partial charge on any atom is -0.744 e. The van der Waals surface area contributed by atoms with E-state index in [0.29, 0.717) is 58.4 Å². The fourth-order valence-corrected chi connectivity index (χ4v) is 8.17. The van der Waals surface area contributed by atoms with E-state index in [4.69, 9.17) is 10.3 Å². The van der Waals surface area contributed by atoms with E-state index in [1.165, 1.54) is 6.07 Å². The van der Waals surface area contributed by atoms with Crippen LogP contribution in [0.5, 0.6) is 11.5 Å². The van der Waals surface area contributed by atoms with E-state index in [0.717, 1.165) is 67.0 Å². The zero-order valence-electron chi connectivity index (χ0n) is 26.9. The number of benzene rings is 4. The summed E-state index contributed by atoms with van der Waals surface area (Å²) in [5.41, 5.74) is 13.4. The molecule has 0 radical (unpaired) electrons. The second-order valence-electron chi connectivity index (χ2n) is 12.3. The molecule has 14 nitrogen and oxygen atoms in total. The van der Waals surface area contributed by atoms with Crippen LogP contribution < -0.4 is 24.8 Å². The topological polar surface area (TPSA) is 201 Å². The SMILES string of the molecule is CN(CCN=[N+]=[N-])c1ccc(N=Nc2ccc3c(c2)Oc2c4c5c(cc2=C3c2ccc(S(=O)(=O)O)cc2S(=O)(=O)[O-])CCC[N+]=5CCC4)cc1. The molecule has 16 heteroatoms. The molecule has 0 atom stereocenters. The van der Waals surface area contributed by atoms with Crippen LogP contribution in [0.4, 0.5) is 17.1 Å². The molecule has 1 N–H and O–H groups in total. The third kappa shape index (κ3) is 6.34. The Bertz CT molecular complexity index is 2490. The average molecular weight is 714 g/mol. The monoisotopic (exact) mass is 713 g/mol. The lowest BCUT2D eigenvalue weighted by atomic mass is 9.87. The molecule has 4 aromatic rings. The number of rotatable bonds is 9. The minimum atomic E-state index is -5.21. The molecule has 0 fully saturated rings. The van der Waals surface area contributed by atoms with Crippen molar-refractivity contribution in [2.75, 3.05) is 38.1 Å². The molecule has 4 aromatic carbocycles. The van der Waals surface area contributed by atoms with Gasteiger partial charge in [-0.3, -0.25) is 4.55 Å². The van der Waals surface area contributed by atoms with Gasteiger partial charge in [0, 0.05) is 77.1 Å². The Balaban J connectivity index is 1.37. The molecule has 0 spiro atoms. The number of hydrogen-bond acceptors (Lipinski definition) is 10. The van der Waals surface area contributed by atoms with Crippen molar-refractivity contribution in [1.29, 1.82) is 0 Å². The van der Waals surface area contributed by atoms with Gasteiger partial charge in [-0.25, -0.2) is 13.0 Å². The summed E-state index contributed by atoms with van der Waals surface area (Å²) in [5.74, 6) is 0.901. The number of likely N-dealkylation sites (N-methyl/N-ethyl adjacent to an activating group) is 1. The second-order valence-corrected chi connectivity index (χ2v) is 15.0. The summed E-state index contributed by atoms with van der Waals surface area (Å²) in [6.07, 6.45) is 3.39. The van der Waals surface area contributed by atoms with E-state index in [9.17, 15) is 25.9 Å². The van der Waals surface area contributed by atoms with Crippen molar-refractivity contribution in [2.45, 2.75) is 35.5 Å². The van der Waals surface area contributed by atoms with Crippen LogP contribution in [0, 0.1) is 0 Å². The van der Waals surface area contributed by atoms with Crippen LogP contribution in [0.3, 0.4) is 0 Å². The van der Waals surface area contributed by atoms with Gasteiger partial charge in [0.1, 0.15) is 34.7 Å². The molecule has 0 aliphatic carbocycles. The van der Waals surface area contributed by atoms with Gasteiger partial charge in [0.2, 0.25) is 5.36 Å². The van der Waals surface area contributed by atoms with Crippen molar-refractivity contribution in [2.24, 2.45) is 15.3 Å². The van der Waals surface area contributed by atoms with E-state index in [-0.39, 0.29) is 5.56 Å². The van der Waals surface area contributed by atoms with Crippen LogP contribution in [0.15, 0.2) is 91.9 Å². The van der Waals surface area contributed by atoms with Crippen LogP contribution in [0.2, 0.25) is 0 Å². The highest BCUT2D eigenvalue weighted by Crippen LogP contribution is 2.42. The maximum absolute atomic E-state index is 12.7. The Morgan fingerprint density at radius 3 is 2.36 bits per heavy atom. The molecular formula is C34H31N7O7S2. The largest absolute Gasteiger partial charge is 0.744 e. The first-order chi connectivity index (χ1) is 23.9. The highest BCUT2D eigenvalue weighted by atomic mass is 32.2. The zero-order valence-corrected chi connectivity index (χ0v) is 28.5. The van der Waals surface area contributed by atoms with Crippen LogP contribution in [0.25, 0.3) is 16.0 Å². The maximum Gasteiger partial charge on any atom is 0.294 e. The standard InChI is InChI=1S/C34H31N7O7S2/c1-40(17-14-36-39-35)24-9-6-22(7-10-24)37-38-23-8-12-26-30(19-23)48-34-28-5-3-16-41-15-2-4-21(33(28)41)18-29(34)32(26)27-13-11-25(49(42,43)44)20-31(27)50(45,46)47/h6-13,18-20H,2-5,14-17H2,1H3,(H-,42,43,44,45,46,47). The van der Waals surface area contributed by atoms with Crippen LogP contribution in [0.1, 0.15) is 35.1 Å². The van der Waals surface area contributed by atoms with Gasteiger partial charge in [-0.2, -0.15) is 18.6 Å². The zero-order chi connectivity index (χ0) is 35.2. The molecule has 50 heavy (non-hydrogen) atoms. The van der Waals surface area contributed by atoms with Crippen LogP contribution in [-0.2, 0) is 33.1 Å². The maximum atomic E-state index is 12.7. The van der Waals surface area contributed by atoms with Gasteiger partial charge >= 0.3 is 0 Å². The first-order valence-corrected chi connectivity index (χ1v) is 18.7. The first kappa shape index (κ1) is 33.4. The van der Waals surface area contributed by atoms with E-state index in [2.05, 4.69) is 24.8 Å². The summed E-state index contributed by atoms with van der Waals surface area (Å²) >= 11 is 0. The predicted molar refractivity (Wildman–Crippen MR) is 184 cm³/mol. The third-order valence-electron chi connectivity index (χ3n) is 9.15. The van der Waals surface area contributed by atoms with Crippen molar-refractivity contribution < 1.29 is 30.7 Å². The lowest BCUT2D eigenvalue weighted by molar-refractivity contribution is 0.437. The molecule has 0 aromatic heterocycles. The molecule has 0 bridgehead atoms. The lowest BCUT2D eigenvalue weighted by Gasteiger charge is -2.27. The second kappa shape index (κ2) is 13.0. The van der Waals surface area contributed by atoms with Gasteiger partial charge in [-0.15, -0.1) is 0 Å². The molecule has 3 heterocycles. The Morgan fingerprint density at radius 1 is 0.940 bits per heavy atom. The molecule has 0 amide bonds. The Hall–Kier alpha value is -5.12. The molecule has 3 aliphatic heterocycles. The van der Waals surface area contributed by atoms with Gasteiger partial charge in [0.05, 0.1) is 26.7 Å². The molecule has 256 valence electrons. The fraction of sp³-hybridized carbons (Fsp3) is 0.265. The Kier molecular flexibility index (Phi) is 8.66. The predicted octanol–water partition coefficient (Wildman–Crippen LogP) is 4.74. The number of anilines is 1. The fourth-order valence-electron chi connectivity index (χ4n) is 6.88. The van der Waals surface area contributed by atoms with E-state index >= 15 is 0 Å². The smallest absolute Gasteiger partial charge is 0.294 e. The quantitative estimate of drug-likeness (QED) is 0.0742. The van der Waals surface area contributed by atoms with E-state index in [1.807, 2.05) is 30.1 Å². The van der Waals surface area contributed by atoms with Crippen LogP contribution in [-0.4, -0.2) is 59.2 Å². The van der Waals surface area contributed by atoms with Crippen molar-refractivity contribution in [1.82, 2.24) is 4.58 Å². The Morgan fingerprint density at radius 2 is 1.64 bits per heavy atom. The molecular weight excluding hydrogens is 683 g/mol. The number of fused-ring (bicyclic) bond motifs is 3. The van der Waals surface area contributed by atoms with Gasteiger partial charge in [0.25, 0.3) is 10.1 Å². The number of nitrogens with zero attached hydrogens (tertiary/aromatic N) is 7. The van der Waals surface area contributed by atoms with Crippen molar-refractivity contribution in [3.8, 4) is 11.5 Å². The summed E-state index contributed by atoms with van der Waals surface area (Å²) in [7, 11) is -8.13. The molecule has 0 unspecified atom stereocenters. The van der Waals surface area contributed by atoms with Gasteiger partial charge < -0.3 is 14.2 Å². The number of azo groups is 1. The average Bonchev–Trinajstić information content (AvgIpc) is 3.09. The summed E-state index contributed by atoms with van der Waals surface area (Å²) in [6, 6.07) is 17.5. The summed E-state index contributed by atoms with van der Waals surface area (Å²) < 4.78 is 80.6. The highest BCUT2D eigenvalue weighted by molar-refractivity contribution is 7.86. The van der Waals surface area contributed by atoms with E-state index < -0.39 is 30.0 Å². The van der Waals surface area contributed by atoms with Gasteiger partial charge in [-0.05, 0) is 73.0 Å². The summed E-state index contributed by atoms with van der Waals surface area (Å²) in [5, 5.41) is 14.1. The Labute approximate surface area is 287 Å². The van der Waals surface area contributed by atoms with Crippen molar-refractivity contribution in [3.05, 3.63) is 110 Å². The van der Waals surface area contributed by atoms with Crippen molar-refractivity contribution >= 4 is 42.9 Å². The lowest BCUT2D eigenvalue weighted by Crippen LogP contribution is -2.45. The van der Waals surface area contributed by atoms with Crippen molar-refractivity contribution in [3.63, 3.8) is 0 Å². The van der Waals surface area contributed by atoms with Gasteiger partial charge in [-0.1, -0.05) is 11.2 Å². The highest BCUT2D eigenvalue weighted by Gasteiger charge is 2.32. The number of azide groups is 1. The molecule has 0 saturated heterocycles. The summed E-state index contributed by atoms with van der Waals surface area (Å²) in [6.45, 7) is 2.72. The molecule has 7 rings (SSSR count). The van der Waals surface area contributed by atoms with Gasteiger partial charge in [0.15, 0.2) is 0 Å². The summed E-state index contributed by atoms with van der Waals surface area (Å²) in [4.78, 5) is 3.25. The third-order valence-corrected chi connectivity index (χ3v) is 10.9.